The molecule has 0 unspecified atom stereocenters. The van der Waals surface area contributed by atoms with E-state index in [0.29, 0.717) is 13.0 Å². The maximum atomic E-state index is 11.9. The molecule has 11 nitrogen and oxygen atoms in total. The number of morpholine rings is 1. The van der Waals surface area contributed by atoms with E-state index in [1.807, 2.05) is 49.6 Å². The smallest absolute Gasteiger partial charge is 0.290 e. The van der Waals surface area contributed by atoms with Crippen LogP contribution in [-0.4, -0.2) is 76.1 Å². The molecule has 1 saturated heterocycles. The van der Waals surface area contributed by atoms with Gasteiger partial charge in [-0.05, 0) is 10.8 Å². The predicted molar refractivity (Wildman–Crippen MR) is 128 cm³/mol. The van der Waals surface area contributed by atoms with E-state index in [2.05, 4.69) is 25.3 Å². The highest BCUT2D eigenvalue weighted by Crippen LogP contribution is 2.35. The maximum absolute atomic E-state index is 11.9. The zero-order chi connectivity index (χ0) is 23.9. The van der Waals surface area contributed by atoms with E-state index in [1.54, 1.807) is 16.7 Å². The van der Waals surface area contributed by atoms with Crippen LogP contribution in [0.15, 0.2) is 47.5 Å². The van der Waals surface area contributed by atoms with Crippen molar-refractivity contribution in [1.82, 2.24) is 25.2 Å². The number of hydrogen-bond donors (Lipinski definition) is 1. The zero-order valence-corrected chi connectivity index (χ0v) is 19.6. The van der Waals surface area contributed by atoms with Crippen molar-refractivity contribution in [2.75, 3.05) is 48.9 Å². The summed E-state index contributed by atoms with van der Waals surface area (Å²) in [7, 11) is 1.84. The molecule has 5 rings (SSSR count). The molecular weight excluding hydrogens is 456 g/mol. The van der Waals surface area contributed by atoms with E-state index in [-0.39, 0.29) is 11.7 Å². The number of aromatic nitrogens is 5. The SMILES string of the molecule is CN1C(=O)CCSc2cnc(N3CCOCC3)cc21.NC(=O)c1nnn(Cc2ccccc2)n1. The summed E-state index contributed by atoms with van der Waals surface area (Å²) in [6.45, 7) is 3.67. The molecule has 0 spiro atoms. The number of nitrogens with two attached hydrogens (primary N) is 1. The van der Waals surface area contributed by atoms with Crippen LogP contribution in [0.5, 0.6) is 0 Å². The Labute approximate surface area is 201 Å². The lowest BCUT2D eigenvalue weighted by Crippen LogP contribution is -2.37. The number of thioether (sulfide) groups is 1. The normalized spacial score (nSPS) is 15.7. The first kappa shape index (κ1) is 23.6. The van der Waals surface area contributed by atoms with Crippen LogP contribution in [0.25, 0.3) is 0 Å². The molecule has 1 fully saturated rings. The predicted octanol–water partition coefficient (Wildman–Crippen LogP) is 1.20. The van der Waals surface area contributed by atoms with Gasteiger partial charge >= 0.3 is 0 Å². The second kappa shape index (κ2) is 11.1. The van der Waals surface area contributed by atoms with Crippen molar-refractivity contribution in [3.63, 3.8) is 0 Å². The second-order valence-corrected chi connectivity index (χ2v) is 8.79. The van der Waals surface area contributed by atoms with Gasteiger partial charge in [0.05, 0.1) is 25.4 Å². The summed E-state index contributed by atoms with van der Waals surface area (Å²) in [5.74, 6) is 1.20. The number of ether oxygens (including phenoxy) is 1. The minimum Gasteiger partial charge on any atom is -0.378 e. The number of pyridine rings is 1. The summed E-state index contributed by atoms with van der Waals surface area (Å²) in [6, 6.07) is 11.7. The van der Waals surface area contributed by atoms with Crippen molar-refractivity contribution in [2.45, 2.75) is 17.9 Å². The van der Waals surface area contributed by atoms with Crippen LogP contribution in [-0.2, 0) is 16.1 Å². The van der Waals surface area contributed by atoms with Crippen LogP contribution in [0.2, 0.25) is 0 Å². The fourth-order valence-electron chi connectivity index (χ4n) is 3.47. The minimum atomic E-state index is -0.672. The number of hydrogen-bond acceptors (Lipinski definition) is 9. The molecule has 0 aliphatic carbocycles. The molecule has 34 heavy (non-hydrogen) atoms. The van der Waals surface area contributed by atoms with Gasteiger partial charge in [-0.2, -0.15) is 4.80 Å². The lowest BCUT2D eigenvalue weighted by molar-refractivity contribution is -0.117. The van der Waals surface area contributed by atoms with E-state index in [1.165, 1.54) is 4.80 Å². The maximum Gasteiger partial charge on any atom is 0.290 e. The molecule has 0 saturated carbocycles. The molecule has 0 radical (unpaired) electrons. The molecule has 178 valence electrons. The average molecular weight is 483 g/mol. The molecule has 1 aromatic carbocycles. The third kappa shape index (κ3) is 5.88. The molecule has 2 N–H and O–H groups in total. The Morgan fingerprint density at radius 2 is 1.97 bits per heavy atom. The molecule has 0 bridgehead atoms. The van der Waals surface area contributed by atoms with Crippen molar-refractivity contribution in [3.8, 4) is 0 Å². The van der Waals surface area contributed by atoms with Crippen molar-refractivity contribution in [1.29, 1.82) is 0 Å². The number of tetrazole rings is 1. The summed E-state index contributed by atoms with van der Waals surface area (Å²) in [6.07, 6.45) is 2.47. The van der Waals surface area contributed by atoms with E-state index >= 15 is 0 Å². The van der Waals surface area contributed by atoms with Crippen LogP contribution < -0.4 is 15.5 Å². The van der Waals surface area contributed by atoms with Crippen LogP contribution in [0, 0.1) is 0 Å². The van der Waals surface area contributed by atoms with Crippen molar-refractivity contribution in [3.05, 3.63) is 54.0 Å². The molecule has 2 aromatic heterocycles. The van der Waals surface area contributed by atoms with E-state index in [0.717, 1.165) is 54.0 Å². The lowest BCUT2D eigenvalue weighted by Gasteiger charge is -2.29. The van der Waals surface area contributed by atoms with Gasteiger partial charge < -0.3 is 20.3 Å². The van der Waals surface area contributed by atoms with Crippen LogP contribution in [0.1, 0.15) is 22.6 Å². The molecule has 3 aromatic rings. The van der Waals surface area contributed by atoms with Gasteiger partial charge in [0, 0.05) is 49.5 Å². The minimum absolute atomic E-state index is 0.0640. The van der Waals surface area contributed by atoms with Crippen LogP contribution in [0.3, 0.4) is 0 Å². The van der Waals surface area contributed by atoms with Gasteiger partial charge in [-0.25, -0.2) is 4.98 Å². The number of fused-ring (bicyclic) bond motifs is 1. The van der Waals surface area contributed by atoms with Gasteiger partial charge in [-0.3, -0.25) is 9.59 Å². The van der Waals surface area contributed by atoms with Gasteiger partial charge in [0.1, 0.15) is 5.82 Å². The highest BCUT2D eigenvalue weighted by atomic mass is 32.2. The molecule has 2 aliphatic rings. The Balaban J connectivity index is 0.000000166. The first-order valence-corrected chi connectivity index (χ1v) is 11.8. The number of carbonyl (C=O) groups excluding carboxylic acids is 2. The van der Waals surface area contributed by atoms with Gasteiger partial charge in [-0.1, -0.05) is 30.3 Å². The summed E-state index contributed by atoms with van der Waals surface area (Å²) >= 11 is 1.70. The standard InChI is InChI=1S/C13H17N3O2S.C9H9N5O/c1-15-10-8-12(16-3-5-18-6-4-16)14-9-11(10)19-7-2-13(15)17;10-8(15)9-11-13-14(12-9)6-7-4-2-1-3-5-7/h8-9H,2-7H2,1H3;1-5H,6H2,(H2,10,15). The summed E-state index contributed by atoms with van der Waals surface area (Å²) in [4.78, 5) is 33.5. The third-order valence-corrected chi connectivity index (χ3v) is 6.35. The number of nitrogens with zero attached hydrogens (tertiary/aromatic N) is 7. The Morgan fingerprint density at radius 3 is 2.68 bits per heavy atom. The number of anilines is 2. The second-order valence-electron chi connectivity index (χ2n) is 7.65. The largest absolute Gasteiger partial charge is 0.378 e. The van der Waals surface area contributed by atoms with E-state index < -0.39 is 5.91 Å². The van der Waals surface area contributed by atoms with Gasteiger partial charge in [0.15, 0.2) is 0 Å². The van der Waals surface area contributed by atoms with Crippen molar-refractivity contribution in [2.24, 2.45) is 5.73 Å². The quantitative estimate of drug-likeness (QED) is 0.582. The number of primary amides is 1. The monoisotopic (exact) mass is 482 g/mol. The fraction of sp³-hybridized carbons (Fsp3) is 0.364. The molecular formula is C22H26N8O3S. The number of benzene rings is 1. The first-order valence-electron chi connectivity index (χ1n) is 10.8. The number of amides is 2. The number of carbonyl (C=O) groups is 2. The van der Waals surface area contributed by atoms with Gasteiger partial charge in [-0.15, -0.1) is 22.0 Å². The summed E-state index contributed by atoms with van der Waals surface area (Å²) in [5.41, 5.74) is 7.01. The summed E-state index contributed by atoms with van der Waals surface area (Å²) in [5, 5.41) is 11.1. The average Bonchev–Trinajstić information content (AvgIpc) is 3.29. The van der Waals surface area contributed by atoms with Crippen molar-refractivity contribution >= 4 is 35.1 Å². The van der Waals surface area contributed by atoms with E-state index in [9.17, 15) is 9.59 Å². The molecule has 2 aliphatic heterocycles. The highest BCUT2D eigenvalue weighted by Gasteiger charge is 2.22. The fourth-order valence-corrected chi connectivity index (χ4v) is 4.43. The summed E-state index contributed by atoms with van der Waals surface area (Å²) < 4.78 is 5.35. The van der Waals surface area contributed by atoms with E-state index in [4.69, 9.17) is 10.5 Å². The Kier molecular flexibility index (Phi) is 7.70. The molecule has 2 amide bonds. The lowest BCUT2D eigenvalue weighted by atomic mass is 10.2. The first-order chi connectivity index (χ1) is 16.5. The van der Waals surface area contributed by atoms with Crippen LogP contribution >= 0.6 is 11.8 Å². The van der Waals surface area contributed by atoms with Gasteiger partial charge in [0.2, 0.25) is 5.91 Å². The third-order valence-electron chi connectivity index (χ3n) is 5.32. The Bertz CT molecular complexity index is 1130. The van der Waals surface area contributed by atoms with Crippen molar-refractivity contribution < 1.29 is 14.3 Å². The van der Waals surface area contributed by atoms with Crippen LogP contribution in [0.4, 0.5) is 11.5 Å². The van der Waals surface area contributed by atoms with Gasteiger partial charge in [0.25, 0.3) is 11.7 Å². The molecule has 4 heterocycles. The Hall–Kier alpha value is -3.51. The molecule has 0 atom stereocenters. The number of rotatable bonds is 4. The Morgan fingerprint density at radius 1 is 1.21 bits per heavy atom. The highest BCUT2D eigenvalue weighted by molar-refractivity contribution is 7.99. The topological polar surface area (TPSA) is 132 Å². The molecule has 12 heteroatoms. The zero-order valence-electron chi connectivity index (χ0n) is 18.8.